The molecule has 0 aliphatic carbocycles. The summed E-state index contributed by atoms with van der Waals surface area (Å²) in [6.45, 7) is 1.89. The molecule has 0 fully saturated rings. The Hall–Kier alpha value is -2.40. The summed E-state index contributed by atoms with van der Waals surface area (Å²) < 4.78 is 0. The van der Waals surface area contributed by atoms with Crippen LogP contribution in [0.5, 0.6) is 0 Å². The first-order chi connectivity index (χ1) is 10.6. The van der Waals surface area contributed by atoms with Gasteiger partial charge in [0, 0.05) is 18.2 Å². The highest BCUT2D eigenvalue weighted by molar-refractivity contribution is 5.93. The van der Waals surface area contributed by atoms with Crippen LogP contribution in [0.25, 0.3) is 6.08 Å². The van der Waals surface area contributed by atoms with Gasteiger partial charge in [-0.2, -0.15) is 0 Å². The van der Waals surface area contributed by atoms with Crippen LogP contribution in [0.15, 0.2) is 40.7 Å². The van der Waals surface area contributed by atoms with Crippen molar-refractivity contribution in [3.63, 3.8) is 0 Å². The lowest BCUT2D eigenvalue weighted by molar-refractivity contribution is -0.126. The third-order valence-electron chi connectivity index (χ3n) is 4.51. The molecule has 1 spiro atoms. The summed E-state index contributed by atoms with van der Waals surface area (Å²) in [5.74, 6) is 0.381. The maximum atomic E-state index is 12.4. The molecule has 0 bridgehead atoms. The normalized spacial score (nSPS) is 25.5. The van der Waals surface area contributed by atoms with Crippen LogP contribution in [0.2, 0.25) is 0 Å². The van der Waals surface area contributed by atoms with E-state index in [1.807, 2.05) is 37.3 Å². The van der Waals surface area contributed by atoms with Crippen LogP contribution < -0.4 is 11.1 Å². The van der Waals surface area contributed by atoms with Gasteiger partial charge in [-0.15, -0.1) is 0 Å². The van der Waals surface area contributed by atoms with Gasteiger partial charge in [0.2, 0.25) is 5.91 Å². The molecule has 0 radical (unpaired) electrons. The minimum absolute atomic E-state index is 0.00441. The van der Waals surface area contributed by atoms with Gasteiger partial charge < -0.3 is 16.2 Å². The number of fused-ring (bicyclic) bond motifs is 1. The first-order valence-electron chi connectivity index (χ1n) is 7.28. The second-order valence-corrected chi connectivity index (χ2v) is 5.75. The Balaban J connectivity index is 2.01. The van der Waals surface area contributed by atoms with Gasteiger partial charge in [0.25, 0.3) is 0 Å². The van der Waals surface area contributed by atoms with E-state index in [4.69, 9.17) is 5.73 Å². The highest BCUT2D eigenvalue weighted by atomic mass is 16.3. The van der Waals surface area contributed by atoms with Crippen LogP contribution in [0.1, 0.15) is 30.9 Å². The zero-order chi connectivity index (χ0) is 15.7. The van der Waals surface area contributed by atoms with Crippen molar-refractivity contribution in [1.29, 1.82) is 0 Å². The van der Waals surface area contributed by atoms with Gasteiger partial charge in [-0.3, -0.25) is 9.79 Å². The highest BCUT2D eigenvalue weighted by Crippen LogP contribution is 2.41. The molecular weight excluding hydrogens is 278 g/mol. The fourth-order valence-electron chi connectivity index (χ4n) is 2.98. The Morgan fingerprint density at radius 1 is 1.41 bits per heavy atom. The van der Waals surface area contributed by atoms with Gasteiger partial charge in [-0.25, -0.2) is 0 Å². The average molecular weight is 297 g/mol. The van der Waals surface area contributed by atoms with Crippen molar-refractivity contribution in [3.8, 4) is 0 Å². The summed E-state index contributed by atoms with van der Waals surface area (Å²) in [5, 5.41) is 12.0. The lowest BCUT2D eigenvalue weighted by atomic mass is 9.76. The number of benzene rings is 1. The van der Waals surface area contributed by atoms with E-state index in [1.165, 1.54) is 0 Å². The predicted molar refractivity (Wildman–Crippen MR) is 86.2 cm³/mol. The van der Waals surface area contributed by atoms with Crippen LogP contribution in [0.4, 0.5) is 5.69 Å². The van der Waals surface area contributed by atoms with E-state index < -0.39 is 5.41 Å². The Bertz CT molecular complexity index is 719. The molecule has 1 aromatic rings. The second kappa shape index (κ2) is 5.42. The quantitative estimate of drug-likeness (QED) is 0.740. The minimum atomic E-state index is -0.647. The van der Waals surface area contributed by atoms with Crippen molar-refractivity contribution >= 4 is 23.9 Å². The lowest BCUT2D eigenvalue weighted by Gasteiger charge is -2.24. The first kappa shape index (κ1) is 14.5. The molecule has 1 atom stereocenters. The SMILES string of the molecule is CC1=C(N)NC(=O)C12CC=Nc1ccc(CO)cc1/C=C/C2. The zero-order valence-electron chi connectivity index (χ0n) is 12.5. The van der Waals surface area contributed by atoms with Crippen LogP contribution >= 0.6 is 0 Å². The number of nitrogens with two attached hydrogens (primary N) is 1. The molecule has 5 heteroatoms. The molecule has 1 unspecified atom stereocenters. The largest absolute Gasteiger partial charge is 0.392 e. The molecule has 3 rings (SSSR count). The van der Waals surface area contributed by atoms with E-state index in [2.05, 4.69) is 10.3 Å². The standard InChI is InChI=1S/C17H19N3O2/c1-11-15(18)20-16(22)17(11)6-2-3-13-9-12(10-21)4-5-14(13)19-8-7-17/h2-5,8-9,21H,6-7,10,18H2,1H3,(H,20,22)/b3-2+,19-8?. The van der Waals surface area contributed by atoms with E-state index in [0.717, 1.165) is 22.4 Å². The third-order valence-corrected chi connectivity index (χ3v) is 4.51. The Morgan fingerprint density at radius 2 is 2.23 bits per heavy atom. The number of carbonyl (C=O) groups is 1. The van der Waals surface area contributed by atoms with Crippen LogP contribution in [-0.2, 0) is 11.4 Å². The van der Waals surface area contributed by atoms with Crippen LogP contribution in [0, 0.1) is 5.41 Å². The van der Waals surface area contributed by atoms with Crippen molar-refractivity contribution in [3.05, 3.63) is 46.8 Å². The lowest BCUT2D eigenvalue weighted by Crippen LogP contribution is -2.34. The number of rotatable bonds is 1. The number of amides is 1. The predicted octanol–water partition coefficient (Wildman–Crippen LogP) is 1.99. The molecule has 2 aliphatic rings. The molecule has 1 amide bonds. The molecule has 4 N–H and O–H groups in total. The monoisotopic (exact) mass is 297 g/mol. The van der Waals surface area contributed by atoms with Crippen molar-refractivity contribution < 1.29 is 9.90 Å². The van der Waals surface area contributed by atoms with Gasteiger partial charge in [-0.1, -0.05) is 18.2 Å². The van der Waals surface area contributed by atoms with Crippen LogP contribution in [-0.4, -0.2) is 17.2 Å². The van der Waals surface area contributed by atoms with Gasteiger partial charge in [0.05, 0.1) is 17.7 Å². The molecule has 0 aromatic heterocycles. The highest BCUT2D eigenvalue weighted by Gasteiger charge is 2.44. The molecule has 22 heavy (non-hydrogen) atoms. The molecule has 2 heterocycles. The first-order valence-corrected chi connectivity index (χ1v) is 7.28. The van der Waals surface area contributed by atoms with Gasteiger partial charge >= 0.3 is 0 Å². The summed E-state index contributed by atoms with van der Waals surface area (Å²) in [4.78, 5) is 16.9. The number of aliphatic hydroxyl groups excluding tert-OH is 1. The molecule has 1 aromatic carbocycles. The molecule has 0 saturated heterocycles. The van der Waals surface area contributed by atoms with Gasteiger partial charge in [0.1, 0.15) is 5.82 Å². The van der Waals surface area contributed by atoms with E-state index >= 15 is 0 Å². The number of hydrogen-bond acceptors (Lipinski definition) is 4. The second-order valence-electron chi connectivity index (χ2n) is 5.75. The maximum Gasteiger partial charge on any atom is 0.236 e. The number of nitrogens with one attached hydrogen (secondary N) is 1. The Labute approximate surface area is 129 Å². The van der Waals surface area contributed by atoms with Crippen molar-refractivity contribution in [1.82, 2.24) is 5.32 Å². The molecule has 114 valence electrons. The van der Waals surface area contributed by atoms with Crippen LogP contribution in [0.3, 0.4) is 0 Å². The Kier molecular flexibility index (Phi) is 3.58. The summed E-state index contributed by atoms with van der Waals surface area (Å²) in [6, 6.07) is 5.64. The zero-order valence-corrected chi connectivity index (χ0v) is 12.5. The third kappa shape index (κ3) is 2.23. The maximum absolute atomic E-state index is 12.4. The molecule has 0 saturated carbocycles. The summed E-state index contributed by atoms with van der Waals surface area (Å²) >= 11 is 0. The van der Waals surface area contributed by atoms with Crippen molar-refractivity contribution in [2.75, 3.05) is 0 Å². The summed E-state index contributed by atoms with van der Waals surface area (Å²) in [6.07, 6.45) is 6.80. The number of aliphatic hydroxyl groups is 1. The number of allylic oxidation sites excluding steroid dienone is 1. The summed E-state index contributed by atoms with van der Waals surface area (Å²) in [7, 11) is 0. The topological polar surface area (TPSA) is 87.7 Å². The Morgan fingerprint density at radius 3 is 2.91 bits per heavy atom. The van der Waals surface area contributed by atoms with E-state index in [9.17, 15) is 9.90 Å². The number of carbonyl (C=O) groups excluding carboxylic acids is 1. The molecule has 5 nitrogen and oxygen atoms in total. The van der Waals surface area contributed by atoms with Crippen molar-refractivity contribution in [2.24, 2.45) is 16.1 Å². The van der Waals surface area contributed by atoms with E-state index in [1.54, 1.807) is 6.21 Å². The number of nitrogens with zero attached hydrogens (tertiary/aromatic N) is 1. The molecule has 2 aliphatic heterocycles. The fourth-order valence-corrected chi connectivity index (χ4v) is 2.98. The summed E-state index contributed by atoms with van der Waals surface area (Å²) in [5.41, 5.74) is 8.71. The van der Waals surface area contributed by atoms with Gasteiger partial charge in [0.15, 0.2) is 0 Å². The minimum Gasteiger partial charge on any atom is -0.392 e. The van der Waals surface area contributed by atoms with E-state index in [0.29, 0.717) is 18.7 Å². The van der Waals surface area contributed by atoms with Gasteiger partial charge in [-0.05, 0) is 36.6 Å². The van der Waals surface area contributed by atoms with E-state index in [-0.39, 0.29) is 12.5 Å². The fraction of sp³-hybridized carbons (Fsp3) is 0.294. The smallest absolute Gasteiger partial charge is 0.236 e. The average Bonchev–Trinajstić information content (AvgIpc) is 2.78. The van der Waals surface area contributed by atoms with Crippen molar-refractivity contribution in [2.45, 2.75) is 26.4 Å². The number of hydrogen-bond donors (Lipinski definition) is 3. The molecular formula is C17H19N3O2. The number of aliphatic imine (C=N–C) groups is 1.